The van der Waals surface area contributed by atoms with Crippen molar-refractivity contribution in [2.75, 3.05) is 13.2 Å². The number of benzene rings is 1. The lowest BCUT2D eigenvalue weighted by Crippen LogP contribution is -2.30. The lowest BCUT2D eigenvalue weighted by atomic mass is 9.86. The summed E-state index contributed by atoms with van der Waals surface area (Å²) < 4.78 is 5.93. The zero-order valence-corrected chi connectivity index (χ0v) is 13.1. The second kappa shape index (κ2) is 7.54. The number of para-hydroxylation sites is 1. The number of nitrogens with one attached hydrogen (secondary N) is 1. The Bertz CT molecular complexity index is 368. The second-order valence-corrected chi connectivity index (χ2v) is 6.24. The first-order valence-corrected chi connectivity index (χ1v) is 7.41. The summed E-state index contributed by atoms with van der Waals surface area (Å²) in [5, 5.41) is 3.49. The van der Waals surface area contributed by atoms with Crippen molar-refractivity contribution in [3.63, 3.8) is 0 Å². The van der Waals surface area contributed by atoms with Crippen molar-refractivity contribution in [3.8, 4) is 5.75 Å². The van der Waals surface area contributed by atoms with Gasteiger partial charge in [-0.3, -0.25) is 0 Å². The smallest absolute Gasteiger partial charge is 0.123 e. The molecular formula is C17H29NO. The van der Waals surface area contributed by atoms with E-state index < -0.39 is 0 Å². The minimum Gasteiger partial charge on any atom is -0.492 e. The molecule has 1 rings (SSSR count). The molecule has 0 spiro atoms. The molecule has 0 aromatic heterocycles. The Labute approximate surface area is 118 Å². The van der Waals surface area contributed by atoms with Gasteiger partial charge < -0.3 is 10.1 Å². The normalized spacial score (nSPS) is 13.3. The summed E-state index contributed by atoms with van der Waals surface area (Å²) in [7, 11) is 0. The maximum atomic E-state index is 5.93. The SMILES string of the molecule is CCCC(C)NCCOc1ccccc1C(C)(C)C. The summed E-state index contributed by atoms with van der Waals surface area (Å²) in [6.07, 6.45) is 2.44. The fraction of sp³-hybridized carbons (Fsp3) is 0.647. The Balaban J connectivity index is 2.46. The number of ether oxygens (including phenoxy) is 1. The molecule has 0 aliphatic heterocycles. The van der Waals surface area contributed by atoms with E-state index >= 15 is 0 Å². The molecule has 1 unspecified atom stereocenters. The van der Waals surface area contributed by atoms with E-state index in [-0.39, 0.29) is 5.41 Å². The van der Waals surface area contributed by atoms with E-state index in [0.717, 1.165) is 18.9 Å². The highest BCUT2D eigenvalue weighted by Gasteiger charge is 2.18. The molecule has 0 saturated carbocycles. The lowest BCUT2D eigenvalue weighted by molar-refractivity contribution is 0.297. The molecule has 19 heavy (non-hydrogen) atoms. The Hall–Kier alpha value is -1.02. The molecule has 108 valence electrons. The number of hydrogen-bond acceptors (Lipinski definition) is 2. The van der Waals surface area contributed by atoms with Crippen LogP contribution < -0.4 is 10.1 Å². The molecule has 2 nitrogen and oxygen atoms in total. The molecule has 0 fully saturated rings. The summed E-state index contributed by atoms with van der Waals surface area (Å²) >= 11 is 0. The summed E-state index contributed by atoms with van der Waals surface area (Å²) in [6, 6.07) is 8.91. The number of rotatable bonds is 7. The van der Waals surface area contributed by atoms with Crippen LogP contribution in [0.5, 0.6) is 5.75 Å². The molecule has 0 aliphatic carbocycles. The lowest BCUT2D eigenvalue weighted by Gasteiger charge is -2.23. The summed E-state index contributed by atoms with van der Waals surface area (Å²) in [4.78, 5) is 0. The van der Waals surface area contributed by atoms with Crippen molar-refractivity contribution < 1.29 is 4.74 Å². The maximum Gasteiger partial charge on any atom is 0.123 e. The molecule has 0 amide bonds. The summed E-state index contributed by atoms with van der Waals surface area (Å²) in [5.74, 6) is 1.01. The van der Waals surface area contributed by atoms with Gasteiger partial charge in [0.15, 0.2) is 0 Å². The molecule has 0 saturated heterocycles. The molecule has 0 aliphatic rings. The minimum absolute atomic E-state index is 0.125. The molecule has 1 aromatic carbocycles. The van der Waals surface area contributed by atoms with Crippen LogP contribution in [0.25, 0.3) is 0 Å². The highest BCUT2D eigenvalue weighted by Crippen LogP contribution is 2.30. The van der Waals surface area contributed by atoms with Gasteiger partial charge in [0.2, 0.25) is 0 Å². The van der Waals surface area contributed by atoms with E-state index in [4.69, 9.17) is 4.74 Å². The van der Waals surface area contributed by atoms with E-state index in [9.17, 15) is 0 Å². The van der Waals surface area contributed by atoms with E-state index in [0.29, 0.717) is 6.04 Å². The van der Waals surface area contributed by atoms with Crippen molar-refractivity contribution in [2.24, 2.45) is 0 Å². The van der Waals surface area contributed by atoms with Gasteiger partial charge in [0.05, 0.1) is 0 Å². The molecule has 1 N–H and O–H groups in total. The van der Waals surface area contributed by atoms with Gasteiger partial charge in [0.25, 0.3) is 0 Å². The van der Waals surface area contributed by atoms with Crippen LogP contribution in [0, 0.1) is 0 Å². The third-order valence-electron chi connectivity index (χ3n) is 3.27. The van der Waals surface area contributed by atoms with Crippen LogP contribution in [0.2, 0.25) is 0 Å². The average molecular weight is 263 g/mol. The monoisotopic (exact) mass is 263 g/mol. The Kier molecular flexibility index (Phi) is 6.36. The molecule has 1 atom stereocenters. The van der Waals surface area contributed by atoms with Crippen molar-refractivity contribution in [1.29, 1.82) is 0 Å². The molecular weight excluding hydrogens is 234 g/mol. The first-order chi connectivity index (χ1) is 8.95. The van der Waals surface area contributed by atoms with E-state index in [2.05, 4.69) is 58.1 Å². The molecule has 1 aromatic rings. The van der Waals surface area contributed by atoms with Gasteiger partial charge in [-0.25, -0.2) is 0 Å². The first-order valence-electron chi connectivity index (χ1n) is 7.41. The topological polar surface area (TPSA) is 21.3 Å². The van der Waals surface area contributed by atoms with E-state index in [1.165, 1.54) is 18.4 Å². The molecule has 0 radical (unpaired) electrons. The van der Waals surface area contributed by atoms with E-state index in [1.807, 2.05) is 6.07 Å². The zero-order chi connectivity index (χ0) is 14.3. The van der Waals surface area contributed by atoms with Crippen LogP contribution >= 0.6 is 0 Å². The van der Waals surface area contributed by atoms with Crippen LogP contribution in [-0.2, 0) is 5.41 Å². The Morgan fingerprint density at radius 3 is 2.53 bits per heavy atom. The van der Waals surface area contributed by atoms with Crippen LogP contribution in [0.15, 0.2) is 24.3 Å². The highest BCUT2D eigenvalue weighted by molar-refractivity contribution is 5.38. The molecule has 0 bridgehead atoms. The van der Waals surface area contributed by atoms with Crippen molar-refractivity contribution >= 4 is 0 Å². The Morgan fingerprint density at radius 1 is 1.21 bits per heavy atom. The standard InChI is InChI=1S/C17H29NO/c1-6-9-14(2)18-12-13-19-16-11-8-7-10-15(16)17(3,4)5/h7-8,10-11,14,18H,6,9,12-13H2,1-5H3. The Morgan fingerprint density at radius 2 is 1.89 bits per heavy atom. The van der Waals surface area contributed by atoms with Crippen LogP contribution in [0.1, 0.15) is 53.0 Å². The predicted octanol–water partition coefficient (Wildman–Crippen LogP) is 4.14. The molecule has 0 heterocycles. The quantitative estimate of drug-likeness (QED) is 0.746. The molecule has 2 heteroatoms. The van der Waals surface area contributed by atoms with Gasteiger partial charge >= 0.3 is 0 Å². The van der Waals surface area contributed by atoms with Gasteiger partial charge in [0.1, 0.15) is 12.4 Å². The number of hydrogen-bond donors (Lipinski definition) is 1. The average Bonchev–Trinajstić information content (AvgIpc) is 2.34. The van der Waals surface area contributed by atoms with Gasteiger partial charge in [-0.1, -0.05) is 52.3 Å². The predicted molar refractivity (Wildman–Crippen MR) is 83.0 cm³/mol. The maximum absolute atomic E-state index is 5.93. The summed E-state index contributed by atoms with van der Waals surface area (Å²) in [5.41, 5.74) is 1.40. The minimum atomic E-state index is 0.125. The highest BCUT2D eigenvalue weighted by atomic mass is 16.5. The van der Waals surface area contributed by atoms with Crippen LogP contribution in [-0.4, -0.2) is 19.2 Å². The van der Waals surface area contributed by atoms with Crippen LogP contribution in [0.3, 0.4) is 0 Å². The fourth-order valence-electron chi connectivity index (χ4n) is 2.21. The van der Waals surface area contributed by atoms with Gasteiger partial charge in [0, 0.05) is 12.6 Å². The third-order valence-corrected chi connectivity index (χ3v) is 3.27. The summed E-state index contributed by atoms with van der Waals surface area (Å²) in [6.45, 7) is 12.7. The zero-order valence-electron chi connectivity index (χ0n) is 13.1. The largest absolute Gasteiger partial charge is 0.492 e. The van der Waals surface area contributed by atoms with Crippen molar-refractivity contribution in [3.05, 3.63) is 29.8 Å². The van der Waals surface area contributed by atoms with Gasteiger partial charge in [-0.15, -0.1) is 0 Å². The third kappa shape index (κ3) is 5.65. The van der Waals surface area contributed by atoms with Gasteiger partial charge in [-0.05, 0) is 30.4 Å². The fourth-order valence-corrected chi connectivity index (χ4v) is 2.21. The van der Waals surface area contributed by atoms with E-state index in [1.54, 1.807) is 0 Å². The van der Waals surface area contributed by atoms with Crippen molar-refractivity contribution in [2.45, 2.75) is 58.9 Å². The van der Waals surface area contributed by atoms with Gasteiger partial charge in [-0.2, -0.15) is 0 Å². The van der Waals surface area contributed by atoms with Crippen LogP contribution in [0.4, 0.5) is 0 Å². The second-order valence-electron chi connectivity index (χ2n) is 6.24. The first kappa shape index (κ1) is 16.0. The van der Waals surface area contributed by atoms with Crippen molar-refractivity contribution in [1.82, 2.24) is 5.32 Å².